The molecule has 72 valence electrons. The first-order valence-corrected chi connectivity index (χ1v) is 4.19. The number of pyridine rings is 1. The molecule has 0 unspecified atom stereocenters. The van der Waals surface area contributed by atoms with Crippen LogP contribution in [-0.4, -0.2) is 4.98 Å². The summed E-state index contributed by atoms with van der Waals surface area (Å²) < 4.78 is 25.0. The van der Waals surface area contributed by atoms with E-state index in [4.69, 9.17) is 17.3 Å². The molecule has 2 N–H and O–H groups in total. The van der Waals surface area contributed by atoms with Gasteiger partial charge in [-0.3, -0.25) is 0 Å². The largest absolute Gasteiger partial charge is 0.383 e. The summed E-state index contributed by atoms with van der Waals surface area (Å²) in [5.74, 6) is -0.116. The number of anilines is 1. The SMILES string of the molecule is Cc1cnc(N)c(C(F)F)c1CCl. The Morgan fingerprint density at radius 2 is 2.23 bits per heavy atom. The Balaban J connectivity index is 3.35. The second kappa shape index (κ2) is 3.87. The molecule has 1 heterocycles. The van der Waals surface area contributed by atoms with Crippen molar-refractivity contribution in [2.24, 2.45) is 0 Å². The van der Waals surface area contributed by atoms with Crippen LogP contribution in [0.3, 0.4) is 0 Å². The van der Waals surface area contributed by atoms with Gasteiger partial charge in [-0.1, -0.05) is 0 Å². The highest BCUT2D eigenvalue weighted by Gasteiger charge is 2.18. The molecule has 0 spiro atoms. The highest BCUT2D eigenvalue weighted by molar-refractivity contribution is 6.17. The Hall–Kier alpha value is -0.900. The van der Waals surface area contributed by atoms with E-state index in [9.17, 15) is 8.78 Å². The minimum absolute atomic E-state index is 0.0260. The summed E-state index contributed by atoms with van der Waals surface area (Å²) in [7, 11) is 0. The zero-order valence-electron chi connectivity index (χ0n) is 7.02. The zero-order chi connectivity index (χ0) is 10.0. The third kappa shape index (κ3) is 1.88. The quantitative estimate of drug-likeness (QED) is 0.756. The molecule has 1 rings (SSSR count). The van der Waals surface area contributed by atoms with Gasteiger partial charge in [0.25, 0.3) is 6.43 Å². The lowest BCUT2D eigenvalue weighted by molar-refractivity contribution is 0.151. The van der Waals surface area contributed by atoms with Gasteiger partial charge in [-0.25, -0.2) is 13.8 Å². The molecule has 0 atom stereocenters. The smallest absolute Gasteiger partial charge is 0.267 e. The Morgan fingerprint density at radius 1 is 1.62 bits per heavy atom. The van der Waals surface area contributed by atoms with Crippen LogP contribution in [0.2, 0.25) is 0 Å². The van der Waals surface area contributed by atoms with Crippen molar-refractivity contribution < 1.29 is 8.78 Å². The van der Waals surface area contributed by atoms with Crippen molar-refractivity contribution in [1.29, 1.82) is 0 Å². The second-order valence-electron chi connectivity index (χ2n) is 2.65. The topological polar surface area (TPSA) is 38.9 Å². The number of nitrogen functional groups attached to an aromatic ring is 1. The molecular weight excluding hydrogens is 198 g/mol. The normalized spacial score (nSPS) is 10.8. The molecule has 0 saturated heterocycles. The molecule has 5 heteroatoms. The minimum atomic E-state index is -2.62. The van der Waals surface area contributed by atoms with Crippen molar-refractivity contribution in [2.45, 2.75) is 19.2 Å². The molecule has 0 fully saturated rings. The lowest BCUT2D eigenvalue weighted by Crippen LogP contribution is -2.04. The van der Waals surface area contributed by atoms with Gasteiger partial charge in [0.15, 0.2) is 0 Å². The van der Waals surface area contributed by atoms with Crippen molar-refractivity contribution in [2.75, 3.05) is 5.73 Å². The van der Waals surface area contributed by atoms with Crippen LogP contribution in [0.15, 0.2) is 6.20 Å². The van der Waals surface area contributed by atoms with Crippen LogP contribution in [-0.2, 0) is 5.88 Å². The molecule has 13 heavy (non-hydrogen) atoms. The van der Waals surface area contributed by atoms with Gasteiger partial charge >= 0.3 is 0 Å². The molecule has 0 saturated carbocycles. The molecule has 1 aromatic rings. The molecule has 2 nitrogen and oxygen atoms in total. The minimum Gasteiger partial charge on any atom is -0.383 e. The summed E-state index contributed by atoms with van der Waals surface area (Å²) in [6.07, 6.45) is -1.18. The molecule has 0 amide bonds. The fourth-order valence-corrected chi connectivity index (χ4v) is 1.46. The zero-order valence-corrected chi connectivity index (χ0v) is 7.78. The number of aryl methyl sites for hydroxylation is 1. The van der Waals surface area contributed by atoms with Gasteiger partial charge < -0.3 is 5.73 Å². The first kappa shape index (κ1) is 10.2. The van der Waals surface area contributed by atoms with Crippen LogP contribution in [0, 0.1) is 6.92 Å². The van der Waals surface area contributed by atoms with E-state index in [1.807, 2.05) is 0 Å². The standard InChI is InChI=1S/C8H9ClF2N2/c1-4-3-13-8(12)6(7(10)11)5(4)2-9/h3,7H,2H2,1H3,(H2,12,13). The number of hydrogen-bond acceptors (Lipinski definition) is 2. The molecule has 0 bridgehead atoms. The number of alkyl halides is 3. The van der Waals surface area contributed by atoms with Crippen LogP contribution in [0.4, 0.5) is 14.6 Å². The summed E-state index contributed by atoms with van der Waals surface area (Å²) in [6, 6.07) is 0. The fourth-order valence-electron chi connectivity index (χ4n) is 1.10. The number of halogens is 3. The third-order valence-corrected chi connectivity index (χ3v) is 2.09. The fraction of sp³-hybridized carbons (Fsp3) is 0.375. The van der Waals surface area contributed by atoms with E-state index in [-0.39, 0.29) is 17.3 Å². The predicted molar refractivity (Wildman–Crippen MR) is 47.9 cm³/mol. The van der Waals surface area contributed by atoms with Crippen molar-refractivity contribution >= 4 is 17.4 Å². The summed E-state index contributed by atoms with van der Waals surface area (Å²) >= 11 is 5.54. The maximum absolute atomic E-state index is 12.5. The summed E-state index contributed by atoms with van der Waals surface area (Å²) in [5, 5.41) is 0. The highest BCUT2D eigenvalue weighted by atomic mass is 35.5. The van der Waals surface area contributed by atoms with Crippen molar-refractivity contribution in [3.05, 3.63) is 22.9 Å². The Labute approximate surface area is 79.7 Å². The Kier molecular flexibility index (Phi) is 3.03. The number of hydrogen-bond donors (Lipinski definition) is 1. The van der Waals surface area contributed by atoms with Gasteiger partial charge in [-0.15, -0.1) is 11.6 Å². The molecular formula is C8H9ClF2N2. The number of nitrogens with two attached hydrogens (primary N) is 1. The van der Waals surface area contributed by atoms with E-state index in [0.717, 1.165) is 0 Å². The Bertz CT molecular complexity index is 315. The molecule has 0 aliphatic rings. The van der Waals surface area contributed by atoms with Crippen LogP contribution >= 0.6 is 11.6 Å². The van der Waals surface area contributed by atoms with E-state index in [0.29, 0.717) is 11.1 Å². The van der Waals surface area contributed by atoms with Gasteiger partial charge in [-0.2, -0.15) is 0 Å². The number of nitrogens with zero attached hydrogens (tertiary/aromatic N) is 1. The first-order chi connectivity index (χ1) is 6.07. The van der Waals surface area contributed by atoms with Gasteiger partial charge in [0.1, 0.15) is 5.82 Å². The van der Waals surface area contributed by atoms with Gasteiger partial charge in [0, 0.05) is 12.1 Å². The van der Waals surface area contributed by atoms with E-state index in [1.165, 1.54) is 6.20 Å². The maximum atomic E-state index is 12.5. The summed E-state index contributed by atoms with van der Waals surface area (Å²) in [5.41, 5.74) is 6.09. The highest BCUT2D eigenvalue weighted by Crippen LogP contribution is 2.29. The van der Waals surface area contributed by atoms with Crippen molar-refractivity contribution in [3.63, 3.8) is 0 Å². The lowest BCUT2D eigenvalue weighted by atomic mass is 10.1. The van der Waals surface area contributed by atoms with Gasteiger partial charge in [0.05, 0.1) is 5.56 Å². The monoisotopic (exact) mass is 206 g/mol. The van der Waals surface area contributed by atoms with Crippen LogP contribution in [0.25, 0.3) is 0 Å². The average Bonchev–Trinajstić information content (AvgIpc) is 2.07. The first-order valence-electron chi connectivity index (χ1n) is 3.66. The van der Waals surface area contributed by atoms with E-state index in [1.54, 1.807) is 6.92 Å². The molecule has 1 aromatic heterocycles. The molecule has 0 aliphatic carbocycles. The second-order valence-corrected chi connectivity index (χ2v) is 2.92. The number of aromatic nitrogens is 1. The number of rotatable bonds is 2. The van der Waals surface area contributed by atoms with Gasteiger partial charge in [-0.05, 0) is 18.1 Å². The molecule has 0 radical (unpaired) electrons. The van der Waals surface area contributed by atoms with E-state index in [2.05, 4.69) is 4.98 Å². The average molecular weight is 207 g/mol. The predicted octanol–water partition coefficient (Wildman–Crippen LogP) is 2.65. The van der Waals surface area contributed by atoms with E-state index >= 15 is 0 Å². The summed E-state index contributed by atoms with van der Waals surface area (Å²) in [6.45, 7) is 1.68. The van der Waals surface area contributed by atoms with Gasteiger partial charge in [0.2, 0.25) is 0 Å². The third-order valence-electron chi connectivity index (χ3n) is 1.83. The Morgan fingerprint density at radius 3 is 2.62 bits per heavy atom. The van der Waals surface area contributed by atoms with Crippen molar-refractivity contribution in [3.8, 4) is 0 Å². The molecule has 0 aromatic carbocycles. The maximum Gasteiger partial charge on any atom is 0.267 e. The lowest BCUT2D eigenvalue weighted by Gasteiger charge is -2.10. The van der Waals surface area contributed by atoms with Crippen LogP contribution < -0.4 is 5.73 Å². The van der Waals surface area contributed by atoms with Crippen LogP contribution in [0.1, 0.15) is 23.1 Å². The van der Waals surface area contributed by atoms with Crippen LogP contribution in [0.5, 0.6) is 0 Å². The van der Waals surface area contributed by atoms with E-state index < -0.39 is 6.43 Å². The summed E-state index contributed by atoms with van der Waals surface area (Å²) in [4.78, 5) is 3.65. The molecule has 0 aliphatic heterocycles. The van der Waals surface area contributed by atoms with Crippen molar-refractivity contribution in [1.82, 2.24) is 4.98 Å².